The van der Waals surface area contributed by atoms with Gasteiger partial charge in [-0.15, -0.1) is 0 Å². The first-order valence-corrected chi connectivity index (χ1v) is 11.1. The molecule has 1 aromatic carbocycles. The van der Waals surface area contributed by atoms with Crippen LogP contribution in [0.5, 0.6) is 5.75 Å². The number of carbonyl (C=O) groups is 2. The van der Waals surface area contributed by atoms with E-state index in [1.807, 2.05) is 45.0 Å². The van der Waals surface area contributed by atoms with Crippen LogP contribution in [0.25, 0.3) is 0 Å². The number of aryl methyl sites for hydroxylation is 1. The van der Waals surface area contributed by atoms with Crippen molar-refractivity contribution in [3.8, 4) is 5.75 Å². The molecule has 0 aliphatic heterocycles. The molecule has 0 fully saturated rings. The van der Waals surface area contributed by atoms with E-state index in [4.69, 9.17) is 19.9 Å². The molecule has 0 heterocycles. The van der Waals surface area contributed by atoms with Crippen molar-refractivity contribution in [2.75, 3.05) is 13.7 Å². The van der Waals surface area contributed by atoms with Gasteiger partial charge in [0.1, 0.15) is 17.5 Å². The van der Waals surface area contributed by atoms with Gasteiger partial charge in [0.25, 0.3) is 0 Å². The Hall–Kier alpha value is -2.28. The highest BCUT2D eigenvalue weighted by Gasteiger charge is 2.23. The Morgan fingerprint density at radius 2 is 1.56 bits per heavy atom. The minimum absolute atomic E-state index is 0.0793. The van der Waals surface area contributed by atoms with Crippen molar-refractivity contribution in [1.29, 1.82) is 0 Å². The number of hydrogen-bond donors (Lipinski definition) is 1. The van der Waals surface area contributed by atoms with Gasteiger partial charge in [-0.3, -0.25) is 4.79 Å². The summed E-state index contributed by atoms with van der Waals surface area (Å²) < 4.78 is 20.4. The summed E-state index contributed by atoms with van der Waals surface area (Å²) in [7, 11) is 1.67. The van der Waals surface area contributed by atoms with E-state index in [2.05, 4.69) is 18.6 Å². The van der Waals surface area contributed by atoms with E-state index in [1.165, 1.54) is 5.56 Å². The van der Waals surface area contributed by atoms with Crippen LogP contribution in [0.4, 0.5) is 4.79 Å². The molecule has 0 bridgehead atoms. The van der Waals surface area contributed by atoms with Gasteiger partial charge in [0, 0.05) is 19.4 Å². The molecule has 1 atom stereocenters. The number of hydrogen-bond acceptors (Lipinski definition) is 6. The van der Waals surface area contributed by atoms with Crippen molar-refractivity contribution >= 4 is 12.1 Å². The number of rotatable bonds is 8. The van der Waals surface area contributed by atoms with Gasteiger partial charge in [0.05, 0.1) is 12.7 Å². The summed E-state index contributed by atoms with van der Waals surface area (Å²) >= 11 is 0. The van der Waals surface area contributed by atoms with Crippen LogP contribution in [0.3, 0.4) is 0 Å². The summed E-state index contributed by atoms with van der Waals surface area (Å²) in [5.41, 5.74) is 5.31. The molecular weight excluding hydrogens is 410 g/mol. The van der Waals surface area contributed by atoms with Crippen molar-refractivity contribution in [2.45, 2.75) is 98.9 Å². The number of carbonyl (C=O) groups excluding carboxylic acids is 2. The third kappa shape index (κ3) is 21.0. The number of ether oxygens (including phenoxy) is 4. The van der Waals surface area contributed by atoms with Crippen molar-refractivity contribution in [2.24, 2.45) is 5.73 Å². The molecular formula is C25H45NO6. The van der Waals surface area contributed by atoms with Gasteiger partial charge in [-0.2, -0.15) is 0 Å². The smallest absolute Gasteiger partial charge is 0.405 e. The molecule has 1 amide bonds. The minimum atomic E-state index is -0.725. The Bertz CT molecular complexity index is 635. The molecule has 0 saturated carbocycles. The molecule has 0 radical (unpaired) electrons. The lowest BCUT2D eigenvalue weighted by molar-refractivity contribution is -0.151. The second-order valence-corrected chi connectivity index (χ2v) is 9.02. The zero-order chi connectivity index (χ0) is 25.4. The van der Waals surface area contributed by atoms with Gasteiger partial charge in [-0.05, 0) is 67.0 Å². The number of methoxy groups -OCH3 is 1. The van der Waals surface area contributed by atoms with Crippen molar-refractivity contribution in [3.63, 3.8) is 0 Å². The number of amides is 1. The van der Waals surface area contributed by atoms with E-state index >= 15 is 0 Å². The molecule has 7 heteroatoms. The van der Waals surface area contributed by atoms with E-state index in [0.717, 1.165) is 25.2 Å². The quantitative estimate of drug-likeness (QED) is 0.497. The molecule has 0 aliphatic carbocycles. The first kappa shape index (κ1) is 31.9. The van der Waals surface area contributed by atoms with Crippen molar-refractivity contribution in [1.82, 2.24) is 0 Å². The summed E-state index contributed by atoms with van der Waals surface area (Å²) in [4.78, 5) is 21.1. The van der Waals surface area contributed by atoms with Gasteiger partial charge in [0.15, 0.2) is 0 Å². The second-order valence-electron chi connectivity index (χ2n) is 9.02. The maximum atomic E-state index is 11.1. The maximum absolute atomic E-state index is 11.1. The summed E-state index contributed by atoms with van der Waals surface area (Å²) in [6, 6.07) is 7.96. The fraction of sp³-hybridized carbons (Fsp3) is 0.680. The summed E-state index contributed by atoms with van der Waals surface area (Å²) in [5.74, 6) is 0.773. The maximum Gasteiger partial charge on any atom is 0.405 e. The van der Waals surface area contributed by atoms with Gasteiger partial charge >= 0.3 is 12.1 Å². The van der Waals surface area contributed by atoms with Gasteiger partial charge < -0.3 is 24.7 Å². The predicted octanol–water partition coefficient (Wildman–Crippen LogP) is 5.81. The lowest BCUT2D eigenvalue weighted by Crippen LogP contribution is -2.31. The lowest BCUT2D eigenvalue weighted by atomic mass is 10.0. The van der Waals surface area contributed by atoms with E-state index in [1.54, 1.807) is 34.8 Å². The predicted molar refractivity (Wildman–Crippen MR) is 129 cm³/mol. The third-order valence-electron chi connectivity index (χ3n) is 3.76. The SMILES string of the molecule is CC(C)(C)OC(N)=O.CCCOC(C)(C)CC(C)OC(=O)CC.COc1ccc(C)cc1. The number of primary amides is 1. The Morgan fingerprint density at radius 1 is 1.03 bits per heavy atom. The second kappa shape index (κ2) is 16.4. The average Bonchev–Trinajstić information content (AvgIpc) is 2.65. The first-order valence-electron chi connectivity index (χ1n) is 11.1. The first-order chi connectivity index (χ1) is 14.7. The highest BCUT2D eigenvalue weighted by atomic mass is 16.6. The summed E-state index contributed by atoms with van der Waals surface area (Å²) in [5, 5.41) is 0. The van der Waals surface area contributed by atoms with Crippen LogP contribution in [-0.2, 0) is 19.0 Å². The van der Waals surface area contributed by atoms with Crippen molar-refractivity contribution in [3.05, 3.63) is 29.8 Å². The Kier molecular flexibility index (Phi) is 16.3. The number of nitrogens with two attached hydrogens (primary N) is 1. The molecule has 1 rings (SSSR count). The summed E-state index contributed by atoms with van der Waals surface area (Å²) in [6.45, 7) is 17.9. The summed E-state index contributed by atoms with van der Waals surface area (Å²) in [6.07, 6.45) is 1.37. The van der Waals surface area contributed by atoms with E-state index < -0.39 is 11.7 Å². The molecule has 0 spiro atoms. The molecule has 186 valence electrons. The Morgan fingerprint density at radius 3 is 1.91 bits per heavy atom. The molecule has 1 aromatic rings. The zero-order valence-corrected chi connectivity index (χ0v) is 21.7. The van der Waals surface area contributed by atoms with Crippen LogP contribution >= 0.6 is 0 Å². The lowest BCUT2D eigenvalue weighted by Gasteiger charge is -2.28. The van der Waals surface area contributed by atoms with E-state index in [0.29, 0.717) is 6.42 Å². The van der Waals surface area contributed by atoms with E-state index in [-0.39, 0.29) is 17.7 Å². The topological polar surface area (TPSA) is 97.1 Å². The standard InChI is InChI=1S/C12H24O3.C8H10O.C5H11NO2/c1-6-8-14-12(4,5)9-10(3)15-11(13)7-2;1-7-3-5-8(9-2)6-4-7;1-5(2,3)8-4(6)7/h10H,6-9H2,1-5H3;3-6H,1-2H3;1-3H3,(H2,6,7). The van der Waals surface area contributed by atoms with Crippen LogP contribution in [-0.4, -0.2) is 43.1 Å². The fourth-order valence-electron chi connectivity index (χ4n) is 2.46. The minimum Gasteiger partial charge on any atom is -0.497 e. The van der Waals surface area contributed by atoms with Crippen LogP contribution in [0.1, 0.15) is 80.2 Å². The third-order valence-corrected chi connectivity index (χ3v) is 3.76. The average molecular weight is 456 g/mol. The Balaban J connectivity index is 0. The molecule has 7 nitrogen and oxygen atoms in total. The largest absolute Gasteiger partial charge is 0.497 e. The number of esters is 1. The molecule has 32 heavy (non-hydrogen) atoms. The highest BCUT2D eigenvalue weighted by molar-refractivity contribution is 5.69. The molecule has 1 unspecified atom stereocenters. The molecule has 0 saturated heterocycles. The fourth-order valence-corrected chi connectivity index (χ4v) is 2.46. The highest BCUT2D eigenvalue weighted by Crippen LogP contribution is 2.19. The normalized spacial score (nSPS) is 11.7. The van der Waals surface area contributed by atoms with Crippen LogP contribution in [0.2, 0.25) is 0 Å². The van der Waals surface area contributed by atoms with Gasteiger partial charge in [0.2, 0.25) is 0 Å². The Labute approximate surface area is 194 Å². The zero-order valence-electron chi connectivity index (χ0n) is 21.7. The van der Waals surface area contributed by atoms with Crippen LogP contribution in [0, 0.1) is 6.92 Å². The van der Waals surface area contributed by atoms with Crippen molar-refractivity contribution < 1.29 is 28.5 Å². The molecule has 0 aromatic heterocycles. The van der Waals surface area contributed by atoms with Gasteiger partial charge in [-0.1, -0.05) is 31.5 Å². The monoisotopic (exact) mass is 455 g/mol. The van der Waals surface area contributed by atoms with E-state index in [9.17, 15) is 9.59 Å². The van der Waals surface area contributed by atoms with Crippen LogP contribution in [0.15, 0.2) is 24.3 Å². The molecule has 0 aliphatic rings. The number of benzene rings is 1. The molecule has 2 N–H and O–H groups in total. The van der Waals surface area contributed by atoms with Crippen LogP contribution < -0.4 is 10.5 Å². The van der Waals surface area contributed by atoms with Gasteiger partial charge in [-0.25, -0.2) is 4.79 Å².